The molecule has 0 saturated heterocycles. The summed E-state index contributed by atoms with van der Waals surface area (Å²) in [7, 11) is 1.33. The summed E-state index contributed by atoms with van der Waals surface area (Å²) >= 11 is 0. The SMILES string of the molecule is C=C(C)C(=O)OC.C=C(C)C(=O)OCCCO.C=C(C)C(=O)OCCNC(C)(C)C.C=CC(=O)NCCCCCCCC. The number of hydrogen-bond acceptors (Lipinski definition) is 9. The average Bonchev–Trinajstić information content (AvgIpc) is 2.94. The highest BCUT2D eigenvalue weighted by atomic mass is 16.5. The van der Waals surface area contributed by atoms with Crippen LogP contribution in [0.3, 0.4) is 0 Å². The van der Waals surface area contributed by atoms with Crippen LogP contribution in [-0.2, 0) is 33.4 Å². The first kappa shape index (κ1) is 46.7. The van der Waals surface area contributed by atoms with Gasteiger partial charge in [0, 0.05) is 48.4 Å². The van der Waals surface area contributed by atoms with E-state index in [0.29, 0.717) is 36.3 Å². The lowest BCUT2D eigenvalue weighted by atomic mass is 10.1. The van der Waals surface area contributed by atoms with Gasteiger partial charge in [-0.15, -0.1) is 0 Å². The summed E-state index contributed by atoms with van der Waals surface area (Å²) in [6.45, 7) is 29.0. The Morgan fingerprint density at radius 1 is 0.744 bits per heavy atom. The number of aliphatic hydroxyl groups excluding tert-OH is 1. The Balaban J connectivity index is -0.000000242. The van der Waals surface area contributed by atoms with Crippen LogP contribution >= 0.6 is 0 Å². The molecule has 0 atom stereocenters. The summed E-state index contributed by atoms with van der Waals surface area (Å²) in [5.41, 5.74) is 1.33. The number of rotatable bonds is 17. The molecule has 1 amide bonds. The van der Waals surface area contributed by atoms with Gasteiger partial charge >= 0.3 is 17.9 Å². The smallest absolute Gasteiger partial charge is 0.333 e. The van der Waals surface area contributed by atoms with Crippen LogP contribution in [0.1, 0.15) is 93.4 Å². The molecule has 0 unspecified atom stereocenters. The Labute approximate surface area is 261 Å². The van der Waals surface area contributed by atoms with Crippen LogP contribution in [0.4, 0.5) is 0 Å². The number of carbonyl (C=O) groups is 4. The van der Waals surface area contributed by atoms with E-state index < -0.39 is 5.97 Å². The minimum absolute atomic E-state index is 0.0451. The molecule has 0 aliphatic rings. The summed E-state index contributed by atoms with van der Waals surface area (Å²) in [5, 5.41) is 14.3. The number of amides is 1. The van der Waals surface area contributed by atoms with Gasteiger partial charge in [-0.1, -0.05) is 65.3 Å². The Hall–Kier alpha value is -3.24. The van der Waals surface area contributed by atoms with Crippen LogP contribution in [0.15, 0.2) is 49.1 Å². The van der Waals surface area contributed by atoms with Gasteiger partial charge in [0.1, 0.15) is 6.61 Å². The van der Waals surface area contributed by atoms with Gasteiger partial charge in [0.05, 0.1) is 13.7 Å². The fourth-order valence-electron chi connectivity index (χ4n) is 2.41. The zero-order valence-electron chi connectivity index (χ0n) is 28.2. The molecule has 0 aliphatic heterocycles. The summed E-state index contributed by atoms with van der Waals surface area (Å²) in [6, 6.07) is 0. The number of methoxy groups -OCH3 is 1. The molecule has 0 aliphatic carbocycles. The molecule has 3 N–H and O–H groups in total. The molecule has 10 nitrogen and oxygen atoms in total. The second-order valence-electron chi connectivity index (χ2n) is 10.6. The molecule has 0 aromatic rings. The summed E-state index contributed by atoms with van der Waals surface area (Å²) < 4.78 is 13.8. The molecule has 250 valence electrons. The lowest BCUT2D eigenvalue weighted by molar-refractivity contribution is -0.139. The minimum atomic E-state index is -0.395. The van der Waals surface area contributed by atoms with Crippen molar-refractivity contribution in [2.75, 3.05) is 40.0 Å². The monoisotopic (exact) mass is 612 g/mol. The van der Waals surface area contributed by atoms with Gasteiger partial charge in [0.25, 0.3) is 0 Å². The first-order valence-corrected chi connectivity index (χ1v) is 14.7. The van der Waals surface area contributed by atoms with Gasteiger partial charge in [0.15, 0.2) is 0 Å². The van der Waals surface area contributed by atoms with Crippen LogP contribution in [0.2, 0.25) is 0 Å². The van der Waals surface area contributed by atoms with Crippen LogP contribution in [0.25, 0.3) is 0 Å². The number of aliphatic hydroxyl groups is 1. The molecule has 10 heteroatoms. The fourth-order valence-corrected chi connectivity index (χ4v) is 2.41. The van der Waals surface area contributed by atoms with Crippen LogP contribution in [0, 0.1) is 0 Å². The predicted molar refractivity (Wildman–Crippen MR) is 174 cm³/mol. The number of unbranched alkanes of at least 4 members (excludes halogenated alkanes) is 5. The van der Waals surface area contributed by atoms with Gasteiger partial charge in [-0.3, -0.25) is 4.79 Å². The van der Waals surface area contributed by atoms with Crippen molar-refractivity contribution in [3.8, 4) is 0 Å². The van der Waals surface area contributed by atoms with E-state index in [1.807, 2.05) is 0 Å². The molecule has 0 fully saturated rings. The molecule has 43 heavy (non-hydrogen) atoms. The van der Waals surface area contributed by atoms with E-state index in [2.05, 4.69) is 74.1 Å². The van der Waals surface area contributed by atoms with E-state index >= 15 is 0 Å². The zero-order valence-corrected chi connectivity index (χ0v) is 28.2. The second kappa shape index (κ2) is 31.7. The number of hydrogen-bond donors (Lipinski definition) is 3. The van der Waals surface area contributed by atoms with Gasteiger partial charge in [-0.2, -0.15) is 0 Å². The van der Waals surface area contributed by atoms with Gasteiger partial charge in [-0.25, -0.2) is 14.4 Å². The van der Waals surface area contributed by atoms with Crippen molar-refractivity contribution in [3.63, 3.8) is 0 Å². The van der Waals surface area contributed by atoms with Crippen molar-refractivity contribution in [3.05, 3.63) is 49.1 Å². The van der Waals surface area contributed by atoms with Crippen molar-refractivity contribution in [1.29, 1.82) is 0 Å². The third kappa shape index (κ3) is 43.3. The van der Waals surface area contributed by atoms with Crippen molar-refractivity contribution in [2.24, 2.45) is 0 Å². The maximum absolute atomic E-state index is 10.9. The van der Waals surface area contributed by atoms with Crippen molar-refractivity contribution >= 4 is 23.8 Å². The minimum Gasteiger partial charge on any atom is -0.466 e. The Morgan fingerprint density at radius 2 is 1.21 bits per heavy atom. The second-order valence-corrected chi connectivity index (χ2v) is 10.6. The number of carbonyl (C=O) groups excluding carboxylic acids is 4. The summed E-state index contributed by atoms with van der Waals surface area (Å²) in [5.74, 6) is -1.13. The molecule has 0 spiro atoms. The van der Waals surface area contributed by atoms with Crippen LogP contribution < -0.4 is 10.6 Å². The van der Waals surface area contributed by atoms with E-state index in [1.165, 1.54) is 45.3 Å². The van der Waals surface area contributed by atoms with Gasteiger partial charge < -0.3 is 30.0 Å². The molecular formula is C33H60N2O8. The topological polar surface area (TPSA) is 140 Å². The van der Waals surface area contributed by atoms with E-state index in [4.69, 9.17) is 9.84 Å². The molecule has 0 rings (SSSR count). The highest BCUT2D eigenvalue weighted by molar-refractivity contribution is 5.87. The number of esters is 3. The van der Waals surface area contributed by atoms with Crippen LogP contribution in [0.5, 0.6) is 0 Å². The molecule has 0 heterocycles. The normalized spacial score (nSPS) is 9.60. The van der Waals surface area contributed by atoms with E-state index in [-0.39, 0.29) is 36.6 Å². The lowest BCUT2D eigenvalue weighted by Crippen LogP contribution is -2.38. The van der Waals surface area contributed by atoms with Crippen molar-refractivity contribution in [1.82, 2.24) is 10.6 Å². The van der Waals surface area contributed by atoms with Crippen LogP contribution in [-0.4, -0.2) is 74.5 Å². The lowest BCUT2D eigenvalue weighted by Gasteiger charge is -2.20. The Morgan fingerprint density at radius 3 is 1.58 bits per heavy atom. The molecule has 0 aromatic carbocycles. The standard InChI is InChI=1S/C11H21NO.C10H19NO2.C7H12O3.C5H8O2/c1-3-5-6-7-8-9-10-12-11(13)4-2;1-8(2)9(12)13-7-6-11-10(3,4)5;1-6(2)7(9)10-5-3-4-8;1-4(2)5(6)7-3/h4H,2-3,5-10H2,1H3,(H,12,13);11H,1,6-7H2,2-5H3;8H,1,3-5H2,2H3;1H2,2-3H3. The highest BCUT2D eigenvalue weighted by Gasteiger charge is 2.08. The first-order chi connectivity index (χ1) is 20.0. The molecule has 0 aromatic heterocycles. The molecule has 0 saturated carbocycles. The number of nitrogens with one attached hydrogen (secondary N) is 2. The van der Waals surface area contributed by atoms with Gasteiger partial charge in [0.2, 0.25) is 5.91 Å². The molecule has 0 radical (unpaired) electrons. The molecule has 0 bridgehead atoms. The largest absolute Gasteiger partial charge is 0.466 e. The maximum atomic E-state index is 10.9. The number of ether oxygens (including phenoxy) is 3. The predicted octanol–water partition coefficient (Wildman–Crippen LogP) is 5.37. The van der Waals surface area contributed by atoms with E-state index in [9.17, 15) is 19.2 Å². The summed E-state index contributed by atoms with van der Waals surface area (Å²) in [6.07, 6.45) is 9.34. The van der Waals surface area contributed by atoms with E-state index in [0.717, 1.165) is 13.0 Å². The summed E-state index contributed by atoms with van der Waals surface area (Å²) in [4.78, 5) is 42.4. The molecular weight excluding hydrogens is 552 g/mol. The third-order valence-corrected chi connectivity index (χ3v) is 4.77. The zero-order chi connectivity index (χ0) is 34.3. The fraction of sp³-hybridized carbons (Fsp3) is 0.636. The van der Waals surface area contributed by atoms with Crippen molar-refractivity contribution in [2.45, 2.75) is 99.0 Å². The average molecular weight is 613 g/mol. The quantitative estimate of drug-likeness (QED) is 0.0856. The van der Waals surface area contributed by atoms with Gasteiger partial charge in [-0.05, 0) is 54.0 Å². The highest BCUT2D eigenvalue weighted by Crippen LogP contribution is 2.04. The first-order valence-electron chi connectivity index (χ1n) is 14.7. The third-order valence-electron chi connectivity index (χ3n) is 4.77. The Bertz CT molecular complexity index is 829. The Kier molecular flexibility index (Phi) is 34.4. The van der Waals surface area contributed by atoms with E-state index in [1.54, 1.807) is 20.8 Å². The van der Waals surface area contributed by atoms with Crippen molar-refractivity contribution < 1.29 is 38.5 Å². The maximum Gasteiger partial charge on any atom is 0.333 e.